The lowest BCUT2D eigenvalue weighted by atomic mass is 10.2. The summed E-state index contributed by atoms with van der Waals surface area (Å²) in [5.74, 6) is -0.693. The predicted octanol–water partition coefficient (Wildman–Crippen LogP) is 1.75. The van der Waals surface area contributed by atoms with Gasteiger partial charge in [0.15, 0.2) is 5.82 Å². The lowest BCUT2D eigenvalue weighted by molar-refractivity contribution is -0.139. The van der Waals surface area contributed by atoms with E-state index < -0.39 is 17.9 Å². The third kappa shape index (κ3) is 3.46. The second kappa shape index (κ2) is 7.54. The van der Waals surface area contributed by atoms with Gasteiger partial charge in [0.25, 0.3) is 5.91 Å². The second-order valence-corrected chi connectivity index (χ2v) is 6.09. The zero-order chi connectivity index (χ0) is 17.9. The van der Waals surface area contributed by atoms with Gasteiger partial charge in [0, 0.05) is 7.11 Å². The molecule has 2 heterocycles. The number of carboxylic acids is 1. The van der Waals surface area contributed by atoms with Gasteiger partial charge < -0.3 is 19.9 Å². The van der Waals surface area contributed by atoms with Crippen molar-refractivity contribution in [2.75, 3.05) is 14.2 Å². The van der Waals surface area contributed by atoms with Crippen molar-refractivity contribution in [1.82, 2.24) is 15.3 Å². The maximum atomic E-state index is 12.4. The Labute approximate surface area is 142 Å². The van der Waals surface area contributed by atoms with Crippen LogP contribution < -0.4 is 10.1 Å². The summed E-state index contributed by atoms with van der Waals surface area (Å²) in [6.45, 7) is 3.68. The first-order valence-corrected chi connectivity index (χ1v) is 8.11. The third-order valence-electron chi connectivity index (χ3n) is 3.49. The Morgan fingerprint density at radius 1 is 1.33 bits per heavy atom. The SMILES string of the molecule is CCC(NC(=O)c1sc2nc(COC)nc(OC)c2c1C)C(=O)O. The number of carbonyl (C=O) groups excluding carboxylic acids is 1. The zero-order valence-electron chi connectivity index (χ0n) is 13.9. The molecule has 0 aliphatic rings. The molecule has 130 valence electrons. The summed E-state index contributed by atoms with van der Waals surface area (Å²) < 4.78 is 10.3. The van der Waals surface area contributed by atoms with Gasteiger partial charge in [-0.05, 0) is 18.9 Å². The molecule has 2 N–H and O–H groups in total. The van der Waals surface area contributed by atoms with Crippen molar-refractivity contribution in [3.63, 3.8) is 0 Å². The summed E-state index contributed by atoms with van der Waals surface area (Å²) in [6, 6.07) is -0.931. The first kappa shape index (κ1) is 18.1. The van der Waals surface area contributed by atoms with Crippen molar-refractivity contribution in [3.05, 3.63) is 16.3 Å². The first-order chi connectivity index (χ1) is 11.4. The van der Waals surface area contributed by atoms with E-state index in [1.54, 1.807) is 13.8 Å². The summed E-state index contributed by atoms with van der Waals surface area (Å²) in [6.07, 6.45) is 0.298. The van der Waals surface area contributed by atoms with E-state index in [1.807, 2.05) is 0 Å². The summed E-state index contributed by atoms with van der Waals surface area (Å²) in [4.78, 5) is 33.2. The van der Waals surface area contributed by atoms with Gasteiger partial charge in [-0.25, -0.2) is 9.78 Å². The zero-order valence-corrected chi connectivity index (χ0v) is 14.7. The number of carboxylic acid groups (broad SMARTS) is 1. The number of nitrogens with zero attached hydrogens (tertiary/aromatic N) is 2. The maximum Gasteiger partial charge on any atom is 0.326 e. The molecule has 1 amide bonds. The number of hydrogen-bond donors (Lipinski definition) is 2. The number of aliphatic carboxylic acids is 1. The van der Waals surface area contributed by atoms with Crippen molar-refractivity contribution >= 4 is 33.4 Å². The minimum absolute atomic E-state index is 0.224. The molecule has 2 aromatic rings. The highest BCUT2D eigenvalue weighted by Crippen LogP contribution is 2.35. The van der Waals surface area contributed by atoms with Crippen molar-refractivity contribution in [1.29, 1.82) is 0 Å². The fraction of sp³-hybridized carbons (Fsp3) is 0.467. The molecule has 0 radical (unpaired) electrons. The molecule has 1 atom stereocenters. The van der Waals surface area contributed by atoms with E-state index in [1.165, 1.54) is 25.6 Å². The van der Waals surface area contributed by atoms with Crippen LogP contribution in [0.5, 0.6) is 5.88 Å². The van der Waals surface area contributed by atoms with Gasteiger partial charge in [-0.2, -0.15) is 4.98 Å². The van der Waals surface area contributed by atoms with Crippen molar-refractivity contribution in [2.45, 2.75) is 32.9 Å². The topological polar surface area (TPSA) is 111 Å². The Balaban J connectivity index is 2.46. The van der Waals surface area contributed by atoms with E-state index in [0.29, 0.717) is 38.8 Å². The van der Waals surface area contributed by atoms with Gasteiger partial charge in [0.2, 0.25) is 5.88 Å². The molecule has 0 spiro atoms. The smallest absolute Gasteiger partial charge is 0.326 e. The highest BCUT2D eigenvalue weighted by atomic mass is 32.1. The Hall–Kier alpha value is -2.26. The monoisotopic (exact) mass is 353 g/mol. The Morgan fingerprint density at radius 2 is 2.04 bits per heavy atom. The lowest BCUT2D eigenvalue weighted by Gasteiger charge is -2.11. The number of methoxy groups -OCH3 is 2. The van der Waals surface area contributed by atoms with Gasteiger partial charge >= 0.3 is 5.97 Å². The highest BCUT2D eigenvalue weighted by Gasteiger charge is 2.24. The van der Waals surface area contributed by atoms with E-state index >= 15 is 0 Å². The van der Waals surface area contributed by atoms with Crippen molar-refractivity contribution in [2.24, 2.45) is 0 Å². The number of amides is 1. The van der Waals surface area contributed by atoms with Crippen LogP contribution in [0.3, 0.4) is 0 Å². The maximum absolute atomic E-state index is 12.4. The van der Waals surface area contributed by atoms with Gasteiger partial charge in [-0.15, -0.1) is 11.3 Å². The molecule has 0 aliphatic heterocycles. The van der Waals surface area contributed by atoms with Gasteiger partial charge in [-0.1, -0.05) is 6.92 Å². The van der Waals surface area contributed by atoms with Gasteiger partial charge in [0.05, 0.1) is 17.4 Å². The van der Waals surface area contributed by atoms with Crippen LogP contribution in [-0.2, 0) is 16.1 Å². The summed E-state index contributed by atoms with van der Waals surface area (Å²) in [5.41, 5.74) is 0.661. The highest BCUT2D eigenvalue weighted by molar-refractivity contribution is 7.20. The number of ether oxygens (including phenoxy) is 2. The number of fused-ring (bicyclic) bond motifs is 1. The van der Waals surface area contributed by atoms with E-state index in [4.69, 9.17) is 14.6 Å². The number of aromatic nitrogens is 2. The van der Waals surface area contributed by atoms with Gasteiger partial charge in [0.1, 0.15) is 17.5 Å². The average Bonchev–Trinajstić information content (AvgIpc) is 2.88. The largest absolute Gasteiger partial charge is 0.480 e. The molecule has 8 nitrogen and oxygen atoms in total. The van der Waals surface area contributed by atoms with Crippen molar-refractivity contribution in [3.8, 4) is 5.88 Å². The number of nitrogens with one attached hydrogen (secondary N) is 1. The molecule has 0 aliphatic carbocycles. The molecule has 24 heavy (non-hydrogen) atoms. The van der Waals surface area contributed by atoms with Crippen LogP contribution in [0.4, 0.5) is 0 Å². The fourth-order valence-electron chi connectivity index (χ4n) is 2.26. The normalized spacial score (nSPS) is 12.2. The van der Waals surface area contributed by atoms with E-state index in [-0.39, 0.29) is 6.61 Å². The number of hydrogen-bond acceptors (Lipinski definition) is 7. The minimum Gasteiger partial charge on any atom is -0.480 e. The molecule has 9 heteroatoms. The Bertz CT molecular complexity index is 774. The number of rotatable bonds is 7. The molecule has 2 aromatic heterocycles. The second-order valence-electron chi connectivity index (χ2n) is 5.09. The standard InChI is InChI=1S/C15H19N3O5S/c1-5-8(15(20)21)16-12(19)11-7(2)10-13(23-4)17-9(6-22-3)18-14(10)24-11/h8H,5-6H2,1-4H3,(H,16,19)(H,20,21). The number of thiophene rings is 1. The summed E-state index contributed by atoms with van der Waals surface area (Å²) >= 11 is 1.17. The van der Waals surface area contributed by atoms with Crippen LogP contribution in [-0.4, -0.2) is 47.2 Å². The van der Waals surface area contributed by atoms with Crippen LogP contribution in [0.2, 0.25) is 0 Å². The molecule has 0 saturated heterocycles. The first-order valence-electron chi connectivity index (χ1n) is 7.29. The molecule has 0 aromatic carbocycles. The average molecular weight is 353 g/mol. The molecular weight excluding hydrogens is 334 g/mol. The van der Waals surface area contributed by atoms with Crippen LogP contribution in [0.15, 0.2) is 0 Å². The molecule has 0 bridgehead atoms. The van der Waals surface area contributed by atoms with Crippen LogP contribution in [0, 0.1) is 6.92 Å². The quantitative estimate of drug-likeness (QED) is 0.780. The third-order valence-corrected chi connectivity index (χ3v) is 4.67. The van der Waals surface area contributed by atoms with E-state index in [0.717, 1.165) is 0 Å². The van der Waals surface area contributed by atoms with Crippen molar-refractivity contribution < 1.29 is 24.2 Å². The molecule has 0 saturated carbocycles. The molecule has 1 unspecified atom stereocenters. The Kier molecular flexibility index (Phi) is 5.68. The molecule has 2 rings (SSSR count). The van der Waals surface area contributed by atoms with Crippen LogP contribution in [0.25, 0.3) is 10.2 Å². The molecule has 0 fully saturated rings. The van der Waals surface area contributed by atoms with Crippen LogP contribution in [0.1, 0.15) is 34.4 Å². The minimum atomic E-state index is -1.07. The fourth-order valence-corrected chi connectivity index (χ4v) is 3.36. The summed E-state index contributed by atoms with van der Waals surface area (Å²) in [7, 11) is 3.03. The summed E-state index contributed by atoms with van der Waals surface area (Å²) in [5, 5.41) is 12.3. The van der Waals surface area contributed by atoms with E-state index in [2.05, 4.69) is 15.3 Å². The van der Waals surface area contributed by atoms with Crippen LogP contribution >= 0.6 is 11.3 Å². The Morgan fingerprint density at radius 3 is 2.58 bits per heavy atom. The van der Waals surface area contributed by atoms with Gasteiger partial charge in [-0.3, -0.25) is 4.79 Å². The number of carbonyl (C=O) groups is 2. The predicted molar refractivity (Wildman–Crippen MR) is 88.6 cm³/mol. The number of aryl methyl sites for hydroxylation is 1. The lowest BCUT2D eigenvalue weighted by Crippen LogP contribution is -2.40. The molecular formula is C15H19N3O5S. The van der Waals surface area contributed by atoms with E-state index in [9.17, 15) is 9.59 Å².